The molecule has 0 spiro atoms. The van der Waals surface area contributed by atoms with E-state index in [1.165, 1.54) is 0 Å². The summed E-state index contributed by atoms with van der Waals surface area (Å²) in [6.07, 6.45) is 1.82. The zero-order valence-electron chi connectivity index (χ0n) is 13.0. The van der Waals surface area contributed by atoms with Gasteiger partial charge in [0.05, 0.1) is 12.4 Å². The lowest BCUT2D eigenvalue weighted by Crippen LogP contribution is -2.35. The van der Waals surface area contributed by atoms with Crippen molar-refractivity contribution in [2.75, 3.05) is 26.0 Å². The zero-order valence-corrected chi connectivity index (χ0v) is 13.8. The van der Waals surface area contributed by atoms with Crippen molar-refractivity contribution in [3.63, 3.8) is 0 Å². The minimum absolute atomic E-state index is 0.233. The highest BCUT2D eigenvalue weighted by Crippen LogP contribution is 2.13. The number of nitrogens with one attached hydrogen (secondary N) is 1. The second-order valence-electron chi connectivity index (χ2n) is 5.32. The predicted octanol–water partition coefficient (Wildman–Crippen LogP) is 2.52. The Bertz CT molecular complexity index is 358. The Kier molecular flexibility index (Phi) is 8.89. The number of hydrogen-bond acceptors (Lipinski definition) is 6. The van der Waals surface area contributed by atoms with Crippen molar-refractivity contribution in [2.24, 2.45) is 5.92 Å². The summed E-state index contributed by atoms with van der Waals surface area (Å²) in [5, 5.41) is 7.46. The van der Waals surface area contributed by atoms with Crippen LogP contribution in [-0.2, 0) is 16.9 Å². The van der Waals surface area contributed by atoms with Crippen LogP contribution < -0.4 is 5.32 Å². The average Bonchev–Trinajstić information content (AvgIpc) is 2.83. The van der Waals surface area contributed by atoms with Crippen molar-refractivity contribution in [1.82, 2.24) is 15.5 Å². The summed E-state index contributed by atoms with van der Waals surface area (Å²) < 4.78 is 10.5. The molecule has 0 aliphatic carbocycles. The second kappa shape index (κ2) is 10.2. The molecule has 0 amide bonds. The van der Waals surface area contributed by atoms with Gasteiger partial charge in [-0.25, -0.2) is 0 Å². The van der Waals surface area contributed by atoms with Gasteiger partial charge in [0.15, 0.2) is 5.82 Å². The molecule has 0 saturated heterocycles. The molecule has 1 atom stereocenters. The van der Waals surface area contributed by atoms with Gasteiger partial charge in [-0.3, -0.25) is 0 Å². The van der Waals surface area contributed by atoms with Gasteiger partial charge in [0.1, 0.15) is 0 Å². The van der Waals surface area contributed by atoms with E-state index >= 15 is 0 Å². The smallest absolute Gasteiger partial charge is 0.228 e. The fourth-order valence-electron chi connectivity index (χ4n) is 1.77. The lowest BCUT2D eigenvalue weighted by molar-refractivity contribution is 0.161. The Labute approximate surface area is 126 Å². The molecule has 116 valence electrons. The summed E-state index contributed by atoms with van der Waals surface area (Å²) in [6.45, 7) is 8.19. The van der Waals surface area contributed by atoms with Crippen LogP contribution >= 0.6 is 11.8 Å². The monoisotopic (exact) mass is 301 g/mol. The zero-order chi connectivity index (χ0) is 14.8. The molecule has 0 fully saturated rings. The van der Waals surface area contributed by atoms with Gasteiger partial charge in [-0.15, -0.1) is 0 Å². The largest absolute Gasteiger partial charge is 0.383 e. The molecule has 1 N–H and O–H groups in total. The summed E-state index contributed by atoms with van der Waals surface area (Å²) in [6, 6.07) is 0.233. The topological polar surface area (TPSA) is 60.2 Å². The molecule has 5 nitrogen and oxygen atoms in total. The van der Waals surface area contributed by atoms with Gasteiger partial charge in [-0.1, -0.05) is 25.9 Å². The standard InChI is InChI=1S/C14H27N3O2S/c1-5-6-15-12(8-18-4)7-14-16-13(17-19-14)10-20-9-11(2)3/h11-12,15H,5-10H2,1-4H3. The first kappa shape index (κ1) is 17.5. The SMILES string of the molecule is CCCNC(COC)Cc1nc(CSCC(C)C)no1. The molecule has 0 saturated carbocycles. The molecule has 1 rings (SSSR count). The third-order valence-electron chi connectivity index (χ3n) is 2.66. The number of thioether (sulfide) groups is 1. The van der Waals surface area contributed by atoms with E-state index in [0.717, 1.165) is 36.7 Å². The summed E-state index contributed by atoms with van der Waals surface area (Å²) in [4.78, 5) is 4.44. The molecule has 1 unspecified atom stereocenters. The number of aromatic nitrogens is 2. The van der Waals surface area contributed by atoms with Crippen LogP contribution in [0.5, 0.6) is 0 Å². The second-order valence-corrected chi connectivity index (χ2v) is 6.35. The van der Waals surface area contributed by atoms with Crippen LogP contribution in [0.25, 0.3) is 0 Å². The first-order valence-corrected chi connectivity index (χ1v) is 8.42. The predicted molar refractivity (Wildman–Crippen MR) is 83.0 cm³/mol. The molecule has 0 aromatic carbocycles. The highest BCUT2D eigenvalue weighted by atomic mass is 32.2. The highest BCUT2D eigenvalue weighted by molar-refractivity contribution is 7.98. The van der Waals surface area contributed by atoms with Crippen LogP contribution in [0, 0.1) is 5.92 Å². The minimum atomic E-state index is 0.233. The number of ether oxygens (including phenoxy) is 1. The quantitative estimate of drug-likeness (QED) is 0.678. The summed E-state index contributed by atoms with van der Waals surface area (Å²) in [5.74, 6) is 4.11. The first-order chi connectivity index (χ1) is 9.65. The molecular formula is C14H27N3O2S. The van der Waals surface area contributed by atoms with Crippen LogP contribution in [0.4, 0.5) is 0 Å². The van der Waals surface area contributed by atoms with E-state index in [1.807, 2.05) is 11.8 Å². The Morgan fingerprint density at radius 3 is 2.85 bits per heavy atom. The van der Waals surface area contributed by atoms with Gasteiger partial charge >= 0.3 is 0 Å². The molecule has 6 heteroatoms. The van der Waals surface area contributed by atoms with Crippen molar-refractivity contribution >= 4 is 11.8 Å². The molecule has 1 aromatic heterocycles. The van der Waals surface area contributed by atoms with E-state index < -0.39 is 0 Å². The summed E-state index contributed by atoms with van der Waals surface area (Å²) in [7, 11) is 1.71. The van der Waals surface area contributed by atoms with Gasteiger partial charge in [0.25, 0.3) is 0 Å². The lowest BCUT2D eigenvalue weighted by atomic mass is 10.2. The van der Waals surface area contributed by atoms with Crippen LogP contribution in [0.1, 0.15) is 38.9 Å². The Balaban J connectivity index is 2.40. The summed E-state index contributed by atoms with van der Waals surface area (Å²) in [5.41, 5.74) is 0. The number of rotatable bonds is 11. The van der Waals surface area contributed by atoms with E-state index in [-0.39, 0.29) is 6.04 Å². The van der Waals surface area contributed by atoms with E-state index in [9.17, 15) is 0 Å². The number of nitrogens with zero attached hydrogens (tertiary/aromatic N) is 2. The maximum absolute atomic E-state index is 5.31. The van der Waals surface area contributed by atoms with Crippen molar-refractivity contribution in [3.05, 3.63) is 11.7 Å². The van der Waals surface area contributed by atoms with Gasteiger partial charge in [-0.05, 0) is 24.6 Å². The fourth-order valence-corrected chi connectivity index (χ4v) is 2.66. The van der Waals surface area contributed by atoms with E-state index in [1.54, 1.807) is 7.11 Å². The van der Waals surface area contributed by atoms with Crippen LogP contribution in [0.2, 0.25) is 0 Å². The molecule has 0 aliphatic rings. The lowest BCUT2D eigenvalue weighted by Gasteiger charge is -2.15. The first-order valence-electron chi connectivity index (χ1n) is 7.27. The maximum Gasteiger partial charge on any atom is 0.228 e. The molecule has 0 bridgehead atoms. The van der Waals surface area contributed by atoms with E-state index in [2.05, 4.69) is 36.2 Å². The van der Waals surface area contributed by atoms with Gasteiger partial charge in [-0.2, -0.15) is 16.7 Å². The Hall–Kier alpha value is -0.590. The van der Waals surface area contributed by atoms with Crippen LogP contribution in [0.3, 0.4) is 0 Å². The van der Waals surface area contributed by atoms with Gasteiger partial charge in [0.2, 0.25) is 5.89 Å². The van der Waals surface area contributed by atoms with E-state index in [0.29, 0.717) is 18.4 Å². The third kappa shape index (κ3) is 7.26. The molecule has 0 radical (unpaired) electrons. The Morgan fingerprint density at radius 2 is 2.20 bits per heavy atom. The van der Waals surface area contributed by atoms with Crippen molar-refractivity contribution < 1.29 is 9.26 Å². The molecule has 1 heterocycles. The van der Waals surface area contributed by atoms with E-state index in [4.69, 9.17) is 9.26 Å². The maximum atomic E-state index is 5.31. The van der Waals surface area contributed by atoms with Crippen LogP contribution in [0.15, 0.2) is 4.52 Å². The minimum Gasteiger partial charge on any atom is -0.383 e. The normalized spacial score (nSPS) is 13.1. The highest BCUT2D eigenvalue weighted by Gasteiger charge is 2.14. The third-order valence-corrected chi connectivity index (χ3v) is 4.03. The number of methoxy groups -OCH3 is 1. The summed E-state index contributed by atoms with van der Waals surface area (Å²) >= 11 is 1.85. The van der Waals surface area contributed by atoms with Crippen molar-refractivity contribution in [2.45, 2.75) is 45.4 Å². The van der Waals surface area contributed by atoms with Gasteiger partial charge < -0.3 is 14.6 Å². The van der Waals surface area contributed by atoms with Gasteiger partial charge in [0, 0.05) is 19.6 Å². The Morgan fingerprint density at radius 1 is 1.40 bits per heavy atom. The molecule has 0 aliphatic heterocycles. The van der Waals surface area contributed by atoms with Crippen LogP contribution in [-0.4, -0.2) is 42.2 Å². The van der Waals surface area contributed by atoms with Crippen molar-refractivity contribution in [3.8, 4) is 0 Å². The number of hydrogen-bond donors (Lipinski definition) is 1. The van der Waals surface area contributed by atoms with Crippen molar-refractivity contribution in [1.29, 1.82) is 0 Å². The fraction of sp³-hybridized carbons (Fsp3) is 0.857. The molecule has 1 aromatic rings. The molecular weight excluding hydrogens is 274 g/mol. The molecule has 20 heavy (non-hydrogen) atoms. The average molecular weight is 301 g/mol.